The summed E-state index contributed by atoms with van der Waals surface area (Å²) in [5.41, 5.74) is 11.3. The van der Waals surface area contributed by atoms with Crippen LogP contribution in [-0.4, -0.2) is 14.4 Å². The fraction of sp³-hybridized carbons (Fsp3) is 0.0244. The molecule has 0 aliphatic heterocycles. The first-order chi connectivity index (χ1) is 21.8. The van der Waals surface area contributed by atoms with Crippen LogP contribution in [0.3, 0.4) is 0 Å². The molecule has 217 valence electrons. The summed E-state index contributed by atoms with van der Waals surface area (Å²) in [7, 11) is 0. The summed E-state index contributed by atoms with van der Waals surface area (Å²) in [4.78, 5) is 9.01. The molecule has 5 aromatic carbocycles. The Morgan fingerprint density at radius 1 is 0.578 bits per heavy atom. The van der Waals surface area contributed by atoms with E-state index in [1.54, 1.807) is 6.20 Å². The molecule has 9 rings (SSSR count). The second-order valence-electron chi connectivity index (χ2n) is 10.9. The van der Waals surface area contributed by atoms with Gasteiger partial charge in [0.25, 0.3) is 0 Å². The molecule has 0 aliphatic carbocycles. The molecule has 0 bridgehead atoms. The Hall–Kier alpha value is -5.15. The summed E-state index contributed by atoms with van der Waals surface area (Å²) < 4.78 is 2.38. The molecule has 0 N–H and O–H groups in total. The molecule has 4 aromatic heterocycles. The Kier molecular flexibility index (Phi) is 7.69. The molecule has 9 aromatic rings. The summed E-state index contributed by atoms with van der Waals surface area (Å²) in [5.74, 6) is 0. The fourth-order valence-corrected chi connectivity index (χ4v) is 6.20. The van der Waals surface area contributed by atoms with Crippen molar-refractivity contribution in [2.24, 2.45) is 0 Å². The Labute approximate surface area is 275 Å². The molecule has 0 unspecified atom stereocenters. The molecule has 0 amide bonds. The molecule has 0 saturated carbocycles. The molecule has 3 nitrogen and oxygen atoms in total. The van der Waals surface area contributed by atoms with Crippen molar-refractivity contribution in [2.75, 3.05) is 0 Å². The number of benzene rings is 5. The number of aryl methyl sites for hydroxylation is 1. The Bertz CT molecular complexity index is 2340. The first-order valence-corrected chi connectivity index (χ1v) is 14.8. The smallest absolute Gasteiger partial charge is 0.0516 e. The van der Waals surface area contributed by atoms with Crippen LogP contribution in [0.2, 0.25) is 0 Å². The van der Waals surface area contributed by atoms with Gasteiger partial charge in [0.05, 0.1) is 5.52 Å². The predicted octanol–water partition coefficient (Wildman–Crippen LogP) is 10.2. The van der Waals surface area contributed by atoms with Crippen molar-refractivity contribution >= 4 is 38.1 Å². The number of rotatable bonds is 3. The molecular weight excluding hydrogens is 727 g/mol. The minimum atomic E-state index is 0. The van der Waals surface area contributed by atoms with Crippen LogP contribution in [-0.2, 0) is 20.1 Å². The average Bonchev–Trinajstić information content (AvgIpc) is 3.62. The van der Waals surface area contributed by atoms with Crippen molar-refractivity contribution in [3.8, 4) is 33.6 Å². The van der Waals surface area contributed by atoms with E-state index in [0.29, 0.717) is 0 Å². The summed E-state index contributed by atoms with van der Waals surface area (Å²) >= 11 is 0. The fourth-order valence-electron chi connectivity index (χ4n) is 6.20. The number of pyridine rings is 2. The van der Waals surface area contributed by atoms with Crippen molar-refractivity contribution in [3.05, 3.63) is 164 Å². The van der Waals surface area contributed by atoms with Gasteiger partial charge in [0.15, 0.2) is 0 Å². The standard InChI is InChI=1S/C30H19N2.C11H8N.Ir/c1-19-7-2-3-8-22(19)21-13-15-27(31-18-21)20-14-16-29-26(17-20)25-11-6-10-24-23-9-4-5-12-28(23)32(29)30(24)25;1-2-6-10(7-3-1)11-8-4-5-9-12-11;/h2-13,15-18H,1H3;1-6,8-9H;/q2*-1;. The Balaban J connectivity index is 0.000000211. The topological polar surface area (TPSA) is 30.2 Å². The molecule has 0 saturated heterocycles. The van der Waals surface area contributed by atoms with Gasteiger partial charge in [-0.1, -0.05) is 90.3 Å². The van der Waals surface area contributed by atoms with E-state index in [0.717, 1.165) is 28.1 Å². The Morgan fingerprint density at radius 2 is 1.33 bits per heavy atom. The van der Waals surface area contributed by atoms with Crippen LogP contribution in [0.4, 0.5) is 0 Å². The summed E-state index contributed by atoms with van der Waals surface area (Å²) in [6.45, 7) is 2.14. The van der Waals surface area contributed by atoms with Crippen molar-refractivity contribution in [1.29, 1.82) is 0 Å². The predicted molar refractivity (Wildman–Crippen MR) is 182 cm³/mol. The molecule has 0 atom stereocenters. The van der Waals surface area contributed by atoms with E-state index in [9.17, 15) is 0 Å². The maximum atomic E-state index is 4.79. The summed E-state index contributed by atoms with van der Waals surface area (Å²) in [5, 5.41) is 5.12. The van der Waals surface area contributed by atoms with E-state index in [1.165, 1.54) is 49.2 Å². The minimum Gasteiger partial charge on any atom is -0.350 e. The van der Waals surface area contributed by atoms with Crippen LogP contribution in [0.15, 0.2) is 146 Å². The SMILES string of the molecule is Cc1ccccc1-c1ccc(-c2[c-]cc3c(c2)c2cccc4c5ccccc5n3c24)nc1.[Ir].[c-]1ccccc1-c1ccccn1. The number of hydrogen-bond acceptors (Lipinski definition) is 2. The number of hydrogen-bond donors (Lipinski definition) is 0. The molecule has 4 heteroatoms. The molecule has 0 fully saturated rings. The van der Waals surface area contributed by atoms with E-state index >= 15 is 0 Å². The monoisotopic (exact) mass is 754 g/mol. The second-order valence-corrected chi connectivity index (χ2v) is 10.9. The third-order valence-corrected chi connectivity index (χ3v) is 8.30. The van der Waals surface area contributed by atoms with Crippen LogP contribution in [0.25, 0.3) is 71.7 Å². The van der Waals surface area contributed by atoms with Gasteiger partial charge in [0.1, 0.15) is 0 Å². The van der Waals surface area contributed by atoms with E-state index in [2.05, 4.69) is 119 Å². The molecule has 1 radical (unpaired) electrons. The maximum Gasteiger partial charge on any atom is 0.0516 e. The van der Waals surface area contributed by atoms with E-state index in [-0.39, 0.29) is 20.1 Å². The van der Waals surface area contributed by atoms with Crippen molar-refractivity contribution in [3.63, 3.8) is 0 Å². The summed E-state index contributed by atoms with van der Waals surface area (Å²) in [6, 6.07) is 52.6. The van der Waals surface area contributed by atoms with Gasteiger partial charge >= 0.3 is 0 Å². The van der Waals surface area contributed by atoms with E-state index in [4.69, 9.17) is 4.98 Å². The summed E-state index contributed by atoms with van der Waals surface area (Å²) in [6.07, 6.45) is 3.76. The average molecular weight is 754 g/mol. The quantitative estimate of drug-likeness (QED) is 0.168. The minimum absolute atomic E-state index is 0. The van der Waals surface area contributed by atoms with Crippen molar-refractivity contribution < 1.29 is 20.1 Å². The molecular formula is C41H27IrN3-2. The van der Waals surface area contributed by atoms with Crippen LogP contribution >= 0.6 is 0 Å². The zero-order valence-electron chi connectivity index (χ0n) is 24.5. The van der Waals surface area contributed by atoms with Gasteiger partial charge in [-0.25, -0.2) is 0 Å². The molecule has 0 aliphatic rings. The van der Waals surface area contributed by atoms with Crippen molar-refractivity contribution in [2.45, 2.75) is 6.92 Å². The normalized spacial score (nSPS) is 11.0. The maximum absolute atomic E-state index is 4.79. The van der Waals surface area contributed by atoms with Gasteiger partial charge < -0.3 is 14.4 Å². The zero-order valence-corrected chi connectivity index (χ0v) is 26.9. The number of fused-ring (bicyclic) bond motifs is 6. The second kappa shape index (κ2) is 12.1. The largest absolute Gasteiger partial charge is 0.350 e. The van der Waals surface area contributed by atoms with Crippen LogP contribution < -0.4 is 0 Å². The third kappa shape index (κ3) is 5.09. The molecule has 45 heavy (non-hydrogen) atoms. The first kappa shape index (κ1) is 28.6. The van der Waals surface area contributed by atoms with Crippen LogP contribution in [0, 0.1) is 19.1 Å². The van der Waals surface area contributed by atoms with Crippen LogP contribution in [0.5, 0.6) is 0 Å². The molecule has 0 spiro atoms. The number of aromatic nitrogens is 3. The number of nitrogens with zero attached hydrogens (tertiary/aromatic N) is 3. The molecule has 4 heterocycles. The number of para-hydroxylation sites is 2. The zero-order chi connectivity index (χ0) is 29.5. The van der Waals surface area contributed by atoms with E-state index in [1.807, 2.05) is 48.7 Å². The van der Waals surface area contributed by atoms with Gasteiger partial charge in [0.2, 0.25) is 0 Å². The van der Waals surface area contributed by atoms with Gasteiger partial charge in [-0.15, -0.1) is 59.7 Å². The van der Waals surface area contributed by atoms with Gasteiger partial charge in [-0.05, 0) is 58.0 Å². The Morgan fingerprint density at radius 3 is 2.11 bits per heavy atom. The first-order valence-electron chi connectivity index (χ1n) is 14.8. The third-order valence-electron chi connectivity index (χ3n) is 8.30. The van der Waals surface area contributed by atoms with E-state index < -0.39 is 0 Å². The van der Waals surface area contributed by atoms with Crippen molar-refractivity contribution in [1.82, 2.24) is 14.4 Å². The van der Waals surface area contributed by atoms with Crippen LogP contribution in [0.1, 0.15) is 5.56 Å². The van der Waals surface area contributed by atoms with Gasteiger partial charge in [0, 0.05) is 48.8 Å². The van der Waals surface area contributed by atoms with Gasteiger partial charge in [-0.3, -0.25) is 0 Å². The van der Waals surface area contributed by atoms with Gasteiger partial charge in [-0.2, -0.15) is 0 Å².